The third kappa shape index (κ3) is 3.52. The summed E-state index contributed by atoms with van der Waals surface area (Å²) in [7, 11) is 0. The van der Waals surface area contributed by atoms with Gasteiger partial charge in [0.2, 0.25) is 0 Å². The number of hydrogen-bond donors (Lipinski definition) is 1. The topological polar surface area (TPSA) is 83.9 Å². The van der Waals surface area contributed by atoms with Crippen molar-refractivity contribution in [1.29, 1.82) is 0 Å². The minimum Gasteiger partial charge on any atom is -0.448 e. The fourth-order valence-corrected chi connectivity index (χ4v) is 3.59. The van der Waals surface area contributed by atoms with E-state index >= 15 is 0 Å². The van der Waals surface area contributed by atoms with Gasteiger partial charge in [-0.3, -0.25) is 0 Å². The molecule has 0 unspecified atom stereocenters. The van der Waals surface area contributed by atoms with E-state index in [0.717, 1.165) is 0 Å². The van der Waals surface area contributed by atoms with E-state index in [0.29, 0.717) is 26.1 Å². The Morgan fingerprint density at radius 2 is 1.62 bits per heavy atom. The Morgan fingerprint density at radius 1 is 1.08 bits per heavy atom. The van der Waals surface area contributed by atoms with Crippen molar-refractivity contribution in [2.24, 2.45) is 0 Å². The molecule has 1 saturated heterocycles. The number of rotatable bonds is 2. The minimum atomic E-state index is -0.421. The van der Waals surface area contributed by atoms with E-state index in [1.54, 1.807) is 4.90 Å². The molecule has 1 heterocycles. The highest BCUT2D eigenvalue weighted by atomic mass is 16.6. The Hall–Kier alpha value is -2.95. The smallest absolute Gasteiger partial charge is 0.409 e. The molecule has 1 N–H and O–H groups in total. The van der Waals surface area contributed by atoms with Gasteiger partial charge in [0.05, 0.1) is 6.10 Å². The third-order valence-electron chi connectivity index (χ3n) is 4.76. The molecule has 1 fully saturated rings. The number of benzene rings is 2. The fourth-order valence-electron chi connectivity index (χ4n) is 3.59. The van der Waals surface area contributed by atoms with Crippen LogP contribution in [0.3, 0.4) is 0 Å². The van der Waals surface area contributed by atoms with Crippen molar-refractivity contribution in [3.05, 3.63) is 59.7 Å². The molecule has 1 atom stereocenters. The molecule has 6 nitrogen and oxygen atoms in total. The predicted molar refractivity (Wildman–Crippen MR) is 92.3 cm³/mol. The van der Waals surface area contributed by atoms with Gasteiger partial charge >= 0.3 is 12.2 Å². The second-order valence-corrected chi connectivity index (χ2v) is 6.28. The van der Waals surface area contributed by atoms with Crippen LogP contribution >= 0.6 is 0 Å². The summed E-state index contributed by atoms with van der Waals surface area (Å²) in [5, 5.41) is 9.54. The molecule has 2 aromatic carbocycles. The summed E-state index contributed by atoms with van der Waals surface area (Å²) in [6.07, 6.45) is 0.128. The van der Waals surface area contributed by atoms with Crippen LogP contribution in [0.4, 0.5) is 4.79 Å². The number of nitrogens with zero attached hydrogens (tertiary/aromatic N) is 1. The Morgan fingerprint density at radius 3 is 2.12 bits per heavy atom. The Balaban J connectivity index is 0.000000613. The summed E-state index contributed by atoms with van der Waals surface area (Å²) in [6, 6.07) is 16.6. The fraction of sp³-hybridized carbons (Fsp3) is 0.300. The average molecular weight is 353 g/mol. The number of β-amino-alcohol motifs (C(OH)–C–C–N with tert-alkyl or cyclic N) is 1. The van der Waals surface area contributed by atoms with E-state index in [1.807, 2.05) is 24.3 Å². The quantitative estimate of drug-likeness (QED) is 0.896. The molecule has 6 heteroatoms. The van der Waals surface area contributed by atoms with Crippen molar-refractivity contribution < 1.29 is 24.2 Å². The molecular weight excluding hydrogens is 334 g/mol. The molecule has 2 aliphatic rings. The molecule has 0 radical (unpaired) electrons. The Labute approximate surface area is 151 Å². The van der Waals surface area contributed by atoms with Gasteiger partial charge in [-0.15, -0.1) is 0 Å². The highest BCUT2D eigenvalue weighted by Crippen LogP contribution is 2.44. The van der Waals surface area contributed by atoms with Crippen molar-refractivity contribution in [2.75, 3.05) is 19.7 Å². The maximum Gasteiger partial charge on any atom is 0.409 e. The van der Waals surface area contributed by atoms with Crippen molar-refractivity contribution in [1.82, 2.24) is 4.90 Å². The highest BCUT2D eigenvalue weighted by molar-refractivity contribution is 5.79. The monoisotopic (exact) mass is 353 g/mol. The first-order valence-corrected chi connectivity index (χ1v) is 8.43. The van der Waals surface area contributed by atoms with Gasteiger partial charge in [-0.05, 0) is 28.7 Å². The van der Waals surface area contributed by atoms with Gasteiger partial charge in [-0.1, -0.05) is 48.5 Å². The Kier molecular flexibility index (Phi) is 5.46. The highest BCUT2D eigenvalue weighted by Gasteiger charge is 2.31. The van der Waals surface area contributed by atoms with E-state index in [2.05, 4.69) is 24.3 Å². The minimum absolute atomic E-state index is 0.0823. The summed E-state index contributed by atoms with van der Waals surface area (Å²) in [5.74, 6) is 0.0823. The number of carbonyl (C=O) groups excluding carboxylic acids is 3. The van der Waals surface area contributed by atoms with Crippen LogP contribution in [0.2, 0.25) is 0 Å². The van der Waals surface area contributed by atoms with Crippen LogP contribution in [0, 0.1) is 0 Å². The molecular formula is C20H19NO5. The molecule has 0 saturated carbocycles. The number of fused-ring (bicyclic) bond motifs is 3. The molecule has 26 heavy (non-hydrogen) atoms. The lowest BCUT2D eigenvalue weighted by molar-refractivity contribution is -0.191. The summed E-state index contributed by atoms with van der Waals surface area (Å²) < 4.78 is 5.55. The van der Waals surface area contributed by atoms with Crippen LogP contribution in [0.1, 0.15) is 23.5 Å². The first-order valence-electron chi connectivity index (χ1n) is 8.43. The first kappa shape index (κ1) is 17.9. The second kappa shape index (κ2) is 7.95. The predicted octanol–water partition coefficient (Wildman–Crippen LogP) is 2.42. The van der Waals surface area contributed by atoms with Crippen LogP contribution < -0.4 is 0 Å². The van der Waals surface area contributed by atoms with E-state index in [-0.39, 0.29) is 18.2 Å². The molecule has 0 bridgehead atoms. The molecule has 0 spiro atoms. The van der Waals surface area contributed by atoms with Crippen LogP contribution in [-0.2, 0) is 14.3 Å². The van der Waals surface area contributed by atoms with Crippen molar-refractivity contribution >= 4 is 12.2 Å². The first-order chi connectivity index (χ1) is 12.7. The van der Waals surface area contributed by atoms with Gasteiger partial charge in [0.25, 0.3) is 0 Å². The lowest BCUT2D eigenvalue weighted by atomic mass is 9.98. The number of hydrogen-bond acceptors (Lipinski definition) is 5. The van der Waals surface area contributed by atoms with E-state index in [9.17, 15) is 9.90 Å². The molecule has 134 valence electrons. The zero-order chi connectivity index (χ0) is 18.5. The molecule has 2 aromatic rings. The van der Waals surface area contributed by atoms with Gasteiger partial charge in [0.15, 0.2) is 0 Å². The van der Waals surface area contributed by atoms with Crippen LogP contribution in [0.15, 0.2) is 48.5 Å². The van der Waals surface area contributed by atoms with Crippen molar-refractivity contribution in [3.8, 4) is 11.1 Å². The molecule has 1 aliphatic heterocycles. The molecule has 1 aliphatic carbocycles. The standard InChI is InChI=1S/C19H19NO3.CO2/c21-13-9-10-20(11-13)19(22)23-12-18-16-7-3-1-5-14(16)15-6-2-4-8-17(15)18;2-1-3/h1-8,13,18,21H,9-12H2;/t13-;/m1./s1. The lowest BCUT2D eigenvalue weighted by Gasteiger charge is -2.18. The molecule has 4 rings (SSSR count). The Bertz CT molecular complexity index is 783. The summed E-state index contributed by atoms with van der Waals surface area (Å²) in [4.78, 5) is 30.0. The lowest BCUT2D eigenvalue weighted by Crippen LogP contribution is -2.31. The van der Waals surface area contributed by atoms with Crippen molar-refractivity contribution in [2.45, 2.75) is 18.4 Å². The zero-order valence-corrected chi connectivity index (χ0v) is 14.1. The van der Waals surface area contributed by atoms with Gasteiger partial charge in [-0.25, -0.2) is 4.79 Å². The van der Waals surface area contributed by atoms with Gasteiger partial charge in [0, 0.05) is 19.0 Å². The molecule has 1 amide bonds. The largest absolute Gasteiger partial charge is 0.448 e. The normalized spacial score (nSPS) is 17.6. The number of likely N-dealkylation sites (tertiary alicyclic amines) is 1. The maximum absolute atomic E-state index is 12.2. The third-order valence-corrected chi connectivity index (χ3v) is 4.76. The SMILES string of the molecule is O=C(OCC1c2ccccc2-c2ccccc21)N1CC[C@@H](O)C1.O=C=O. The van der Waals surface area contributed by atoms with Gasteiger partial charge < -0.3 is 14.7 Å². The van der Waals surface area contributed by atoms with E-state index in [4.69, 9.17) is 14.3 Å². The van der Waals surface area contributed by atoms with Crippen LogP contribution in [-0.4, -0.2) is 48.1 Å². The number of ether oxygens (including phenoxy) is 1. The van der Waals surface area contributed by atoms with Crippen LogP contribution in [0.25, 0.3) is 11.1 Å². The van der Waals surface area contributed by atoms with E-state index < -0.39 is 6.10 Å². The number of amides is 1. The van der Waals surface area contributed by atoms with Crippen molar-refractivity contribution in [3.63, 3.8) is 0 Å². The summed E-state index contributed by atoms with van der Waals surface area (Å²) >= 11 is 0. The van der Waals surface area contributed by atoms with E-state index in [1.165, 1.54) is 22.3 Å². The van der Waals surface area contributed by atoms with Gasteiger partial charge in [-0.2, -0.15) is 9.59 Å². The second-order valence-electron chi connectivity index (χ2n) is 6.28. The number of carbonyl (C=O) groups is 1. The summed E-state index contributed by atoms with van der Waals surface area (Å²) in [5.41, 5.74) is 4.87. The average Bonchev–Trinajstić information content (AvgIpc) is 3.22. The van der Waals surface area contributed by atoms with Crippen LogP contribution in [0.5, 0.6) is 0 Å². The van der Waals surface area contributed by atoms with Gasteiger partial charge in [0.1, 0.15) is 6.61 Å². The zero-order valence-electron chi connectivity index (χ0n) is 14.1. The molecule has 0 aromatic heterocycles. The number of aliphatic hydroxyl groups is 1. The number of aliphatic hydroxyl groups excluding tert-OH is 1. The maximum atomic E-state index is 12.2. The summed E-state index contributed by atoms with van der Waals surface area (Å²) in [6.45, 7) is 1.27.